The summed E-state index contributed by atoms with van der Waals surface area (Å²) in [4.78, 5) is 40.8. The van der Waals surface area contributed by atoms with Gasteiger partial charge in [0, 0.05) is 54.4 Å². The van der Waals surface area contributed by atoms with E-state index >= 15 is 0 Å². The molecule has 0 saturated heterocycles. The van der Waals surface area contributed by atoms with Crippen LogP contribution in [0.25, 0.3) is 0 Å². The van der Waals surface area contributed by atoms with Crippen LogP contribution in [-0.4, -0.2) is 45.2 Å². The van der Waals surface area contributed by atoms with Gasteiger partial charge >= 0.3 is 6.03 Å². The topological polar surface area (TPSA) is 91.4 Å². The molecule has 1 aromatic heterocycles. The van der Waals surface area contributed by atoms with Gasteiger partial charge < -0.3 is 15.5 Å². The maximum absolute atomic E-state index is 12.2. The highest BCUT2D eigenvalue weighted by Gasteiger charge is 2.21. The van der Waals surface area contributed by atoms with Gasteiger partial charge in [0.05, 0.1) is 17.2 Å². The van der Waals surface area contributed by atoms with E-state index < -0.39 is 6.04 Å². The zero-order valence-corrected chi connectivity index (χ0v) is 17.2. The third kappa shape index (κ3) is 7.12. The minimum Gasteiger partial charge on any atom is -0.356 e. The summed E-state index contributed by atoms with van der Waals surface area (Å²) in [6.45, 7) is 6.27. The molecule has 7 nitrogen and oxygen atoms in total. The van der Waals surface area contributed by atoms with Crippen molar-refractivity contribution in [3.8, 4) is 0 Å². The molecular weight excluding hydrogens is 443 g/mol. The van der Waals surface area contributed by atoms with Crippen LogP contribution in [0.2, 0.25) is 0 Å². The highest BCUT2D eigenvalue weighted by Crippen LogP contribution is 2.19. The van der Waals surface area contributed by atoms with Crippen LogP contribution in [0.1, 0.15) is 43.8 Å². The first-order chi connectivity index (χ1) is 11.2. The van der Waals surface area contributed by atoms with Gasteiger partial charge in [-0.1, -0.05) is 13.8 Å². The molecule has 0 spiro atoms. The second kappa shape index (κ2) is 9.92. The van der Waals surface area contributed by atoms with E-state index in [2.05, 4.69) is 29.5 Å². The zero-order chi connectivity index (χ0) is 18.3. The van der Waals surface area contributed by atoms with Crippen molar-refractivity contribution in [1.29, 1.82) is 0 Å². The molecule has 0 aliphatic rings. The Morgan fingerprint density at radius 1 is 1.38 bits per heavy atom. The number of halogens is 1. The molecule has 0 aromatic carbocycles. The predicted molar refractivity (Wildman–Crippen MR) is 102 cm³/mol. The molecule has 24 heavy (non-hydrogen) atoms. The van der Waals surface area contributed by atoms with Gasteiger partial charge in [0.2, 0.25) is 9.70 Å². The first kappa shape index (κ1) is 20.8. The molecule has 0 fully saturated rings. The highest BCUT2D eigenvalue weighted by atomic mass is 127. The van der Waals surface area contributed by atoms with Crippen molar-refractivity contribution in [3.63, 3.8) is 0 Å². The summed E-state index contributed by atoms with van der Waals surface area (Å²) < 4.78 is -0.171. The summed E-state index contributed by atoms with van der Waals surface area (Å²) >= 11 is 3.24. The summed E-state index contributed by atoms with van der Waals surface area (Å²) in [5, 5.41) is 8.29. The van der Waals surface area contributed by atoms with Crippen molar-refractivity contribution < 1.29 is 14.4 Å². The van der Waals surface area contributed by atoms with E-state index in [1.165, 1.54) is 11.8 Å². The fraction of sp³-hybridized carbons (Fsp3) is 0.600. The molecule has 0 aliphatic carbocycles. The molecule has 0 saturated carbocycles. The van der Waals surface area contributed by atoms with E-state index in [9.17, 15) is 14.4 Å². The maximum atomic E-state index is 12.2. The number of carbonyl (C=O) groups is 3. The van der Waals surface area contributed by atoms with Crippen molar-refractivity contribution in [2.45, 2.75) is 45.7 Å². The fourth-order valence-electron chi connectivity index (χ4n) is 1.87. The number of nitrogens with one attached hydrogen (secondary N) is 2. The Morgan fingerprint density at radius 2 is 2.04 bits per heavy atom. The standard InChI is InChI=1S/C15H23IN4O3S/c1-9(2)14-18-11(8-24-14)7-20(4)15(23)19-12(13(16)22)5-6-17-10(3)21/h8-9,12H,5-7H2,1-4H3,(H,17,21)(H,19,23). The molecule has 1 rings (SSSR count). The second-order valence-electron chi connectivity index (χ2n) is 5.77. The summed E-state index contributed by atoms with van der Waals surface area (Å²) in [6, 6.07) is -0.971. The summed E-state index contributed by atoms with van der Waals surface area (Å²) in [5.41, 5.74) is 0.831. The average molecular weight is 466 g/mol. The maximum Gasteiger partial charge on any atom is 0.318 e. The molecule has 0 radical (unpaired) electrons. The minimum atomic E-state index is -0.631. The molecule has 9 heteroatoms. The molecule has 0 aliphatic heterocycles. The monoisotopic (exact) mass is 466 g/mol. The number of urea groups is 1. The molecule has 0 bridgehead atoms. The van der Waals surface area contributed by atoms with Gasteiger partial charge in [0.1, 0.15) is 6.04 Å². The molecule has 1 heterocycles. The van der Waals surface area contributed by atoms with Crippen LogP contribution in [0, 0.1) is 0 Å². The molecule has 2 N–H and O–H groups in total. The normalized spacial score (nSPS) is 11.9. The van der Waals surface area contributed by atoms with E-state index in [0.717, 1.165) is 10.7 Å². The smallest absolute Gasteiger partial charge is 0.318 e. The van der Waals surface area contributed by atoms with Gasteiger partial charge in [0.25, 0.3) is 0 Å². The first-order valence-electron chi connectivity index (χ1n) is 7.60. The Morgan fingerprint density at radius 3 is 2.54 bits per heavy atom. The van der Waals surface area contributed by atoms with Crippen molar-refractivity contribution in [2.24, 2.45) is 0 Å². The Hall–Kier alpha value is -1.23. The minimum absolute atomic E-state index is 0.164. The number of hydrogen-bond acceptors (Lipinski definition) is 5. The predicted octanol–water partition coefficient (Wildman–Crippen LogP) is 2.26. The van der Waals surface area contributed by atoms with E-state index in [1.54, 1.807) is 41.0 Å². The molecule has 1 atom stereocenters. The first-order valence-corrected chi connectivity index (χ1v) is 9.56. The average Bonchev–Trinajstić information content (AvgIpc) is 2.94. The van der Waals surface area contributed by atoms with Crippen molar-refractivity contribution in [1.82, 2.24) is 20.5 Å². The highest BCUT2D eigenvalue weighted by molar-refractivity contribution is 14.1. The lowest BCUT2D eigenvalue weighted by Crippen LogP contribution is -2.46. The quantitative estimate of drug-likeness (QED) is 0.454. The number of nitrogens with zero attached hydrogens (tertiary/aromatic N) is 2. The summed E-state index contributed by atoms with van der Waals surface area (Å²) in [7, 11) is 1.66. The second-order valence-corrected chi connectivity index (χ2v) is 7.72. The van der Waals surface area contributed by atoms with E-state index in [-0.39, 0.29) is 15.7 Å². The van der Waals surface area contributed by atoms with E-state index in [0.29, 0.717) is 25.4 Å². The Balaban J connectivity index is 2.55. The van der Waals surface area contributed by atoms with E-state index in [1.807, 2.05) is 5.38 Å². The Kier molecular flexibility index (Phi) is 8.60. The van der Waals surface area contributed by atoms with Crippen LogP contribution >= 0.6 is 33.9 Å². The van der Waals surface area contributed by atoms with Crippen LogP contribution in [0.3, 0.4) is 0 Å². The van der Waals surface area contributed by atoms with Gasteiger partial charge in [-0.15, -0.1) is 11.3 Å². The van der Waals surface area contributed by atoms with E-state index in [4.69, 9.17) is 0 Å². The van der Waals surface area contributed by atoms with Crippen LogP contribution in [0.4, 0.5) is 4.79 Å². The largest absolute Gasteiger partial charge is 0.356 e. The van der Waals surface area contributed by atoms with Gasteiger partial charge in [-0.3, -0.25) is 9.59 Å². The molecule has 3 amide bonds. The zero-order valence-electron chi connectivity index (χ0n) is 14.3. The fourth-order valence-corrected chi connectivity index (χ4v) is 3.16. The number of rotatable bonds is 8. The number of thiazole rings is 1. The van der Waals surface area contributed by atoms with Gasteiger partial charge in [-0.05, 0) is 6.42 Å². The third-order valence-corrected chi connectivity index (χ3v) is 5.13. The number of carbonyl (C=O) groups excluding carboxylic acids is 3. The van der Waals surface area contributed by atoms with Crippen molar-refractivity contribution in [2.75, 3.05) is 13.6 Å². The molecule has 1 aromatic rings. The lowest BCUT2D eigenvalue weighted by atomic mass is 10.2. The van der Waals surface area contributed by atoms with Gasteiger partial charge in [0.15, 0.2) is 0 Å². The Labute approximate surface area is 159 Å². The van der Waals surface area contributed by atoms with Crippen molar-refractivity contribution in [3.05, 3.63) is 16.1 Å². The van der Waals surface area contributed by atoms with Gasteiger partial charge in [-0.25, -0.2) is 9.78 Å². The van der Waals surface area contributed by atoms with Crippen LogP contribution in [0.15, 0.2) is 5.38 Å². The Bertz CT molecular complexity index is 591. The number of amides is 3. The molecular formula is C15H23IN4O3S. The summed E-state index contributed by atoms with van der Waals surface area (Å²) in [6.07, 6.45) is 0.356. The number of hydrogen-bond donors (Lipinski definition) is 2. The van der Waals surface area contributed by atoms with Crippen LogP contribution in [-0.2, 0) is 16.1 Å². The lowest BCUT2D eigenvalue weighted by molar-refractivity contribution is -0.119. The van der Waals surface area contributed by atoms with Gasteiger partial charge in [-0.2, -0.15) is 0 Å². The van der Waals surface area contributed by atoms with Crippen molar-refractivity contribution >= 4 is 49.7 Å². The van der Waals surface area contributed by atoms with Crippen LogP contribution < -0.4 is 10.6 Å². The van der Waals surface area contributed by atoms with Crippen LogP contribution in [0.5, 0.6) is 0 Å². The molecule has 1 unspecified atom stereocenters. The summed E-state index contributed by atoms with van der Waals surface area (Å²) in [5.74, 6) is 0.195. The third-order valence-electron chi connectivity index (χ3n) is 3.19. The lowest BCUT2D eigenvalue weighted by Gasteiger charge is -2.21. The number of aromatic nitrogens is 1. The SMILES string of the molecule is CC(=O)NCCC(NC(=O)N(C)Cc1csc(C(C)C)n1)C(=O)I. The molecule has 134 valence electrons.